The Kier molecular flexibility index (Phi) is 11.4. The Bertz CT molecular complexity index is 500. The fraction of sp³-hybridized carbons (Fsp3) is 0.450. The number of phenols is 1. The molecule has 128 valence electrons. The van der Waals surface area contributed by atoms with Crippen LogP contribution in [0.1, 0.15) is 45.6 Å². The van der Waals surface area contributed by atoms with Crippen molar-refractivity contribution in [1.82, 2.24) is 0 Å². The number of hydrogen-bond donors (Lipinski definition) is 1. The number of phenolic OH excluding ortho intramolecular Hbond substituents is 1. The van der Waals surface area contributed by atoms with E-state index in [-0.39, 0.29) is 5.75 Å². The van der Waals surface area contributed by atoms with Gasteiger partial charge in [-0.3, -0.25) is 0 Å². The summed E-state index contributed by atoms with van der Waals surface area (Å²) >= 11 is 0. The quantitative estimate of drug-likeness (QED) is 0.536. The highest BCUT2D eigenvalue weighted by Crippen LogP contribution is 2.26. The minimum atomic E-state index is 0.172. The van der Waals surface area contributed by atoms with Crippen molar-refractivity contribution in [3.05, 3.63) is 48.1 Å². The highest BCUT2D eigenvalue weighted by molar-refractivity contribution is 5.49. The normalized spacial score (nSPS) is 10.8. The average molecular weight is 318 g/mol. The molecule has 1 aromatic carbocycles. The SMILES string of the molecule is C=CCc1ccc(O)c(OC)c1.CC(C)=CCCC(C)CC=O. The van der Waals surface area contributed by atoms with Crippen molar-refractivity contribution in [1.29, 1.82) is 0 Å². The van der Waals surface area contributed by atoms with Crippen LogP contribution in [0.15, 0.2) is 42.5 Å². The van der Waals surface area contributed by atoms with Crippen LogP contribution < -0.4 is 4.74 Å². The second kappa shape index (κ2) is 12.5. The van der Waals surface area contributed by atoms with Gasteiger partial charge in [0.25, 0.3) is 0 Å². The molecule has 0 saturated heterocycles. The van der Waals surface area contributed by atoms with E-state index >= 15 is 0 Å². The van der Waals surface area contributed by atoms with Crippen LogP contribution in [0.5, 0.6) is 11.5 Å². The minimum absolute atomic E-state index is 0.172. The maximum Gasteiger partial charge on any atom is 0.160 e. The molecule has 0 radical (unpaired) electrons. The summed E-state index contributed by atoms with van der Waals surface area (Å²) in [7, 11) is 1.53. The summed E-state index contributed by atoms with van der Waals surface area (Å²) in [4.78, 5) is 10.1. The molecule has 0 spiro atoms. The number of carbonyl (C=O) groups excluding carboxylic acids is 1. The maximum absolute atomic E-state index is 10.1. The van der Waals surface area contributed by atoms with Gasteiger partial charge in [0.1, 0.15) is 6.29 Å². The lowest BCUT2D eigenvalue weighted by Gasteiger charge is -2.04. The third kappa shape index (κ3) is 10.3. The van der Waals surface area contributed by atoms with Crippen molar-refractivity contribution in [3.8, 4) is 11.5 Å². The summed E-state index contributed by atoms with van der Waals surface area (Å²) in [5, 5.41) is 9.25. The fourth-order valence-corrected chi connectivity index (χ4v) is 1.95. The molecule has 0 heterocycles. The number of hydrogen-bond acceptors (Lipinski definition) is 3. The van der Waals surface area contributed by atoms with E-state index in [0.717, 1.165) is 31.1 Å². The first-order chi connectivity index (χ1) is 10.9. The van der Waals surface area contributed by atoms with Crippen LogP contribution in [0.4, 0.5) is 0 Å². The molecule has 23 heavy (non-hydrogen) atoms. The Hall–Kier alpha value is -2.03. The molecule has 1 aromatic rings. The van der Waals surface area contributed by atoms with Crippen molar-refractivity contribution >= 4 is 6.29 Å². The highest BCUT2D eigenvalue weighted by Gasteiger charge is 2.00. The summed E-state index contributed by atoms with van der Waals surface area (Å²) in [5.41, 5.74) is 2.45. The predicted molar refractivity (Wildman–Crippen MR) is 97.1 cm³/mol. The van der Waals surface area contributed by atoms with Gasteiger partial charge in [-0.2, -0.15) is 0 Å². The molecule has 0 aliphatic carbocycles. The summed E-state index contributed by atoms with van der Waals surface area (Å²) in [5.74, 6) is 1.22. The molecule has 1 unspecified atom stereocenters. The van der Waals surface area contributed by atoms with Gasteiger partial charge in [0.2, 0.25) is 0 Å². The van der Waals surface area contributed by atoms with Gasteiger partial charge < -0.3 is 14.6 Å². The second-order valence-electron chi connectivity index (χ2n) is 5.87. The zero-order chi connectivity index (χ0) is 17.7. The number of allylic oxidation sites excluding steroid dienone is 3. The van der Waals surface area contributed by atoms with Gasteiger partial charge in [-0.15, -0.1) is 6.58 Å². The van der Waals surface area contributed by atoms with Crippen LogP contribution >= 0.6 is 0 Å². The van der Waals surface area contributed by atoms with Gasteiger partial charge in [0.05, 0.1) is 7.11 Å². The highest BCUT2D eigenvalue weighted by atomic mass is 16.5. The molecule has 1 rings (SSSR count). The van der Waals surface area contributed by atoms with Gasteiger partial charge in [0.15, 0.2) is 11.5 Å². The average Bonchev–Trinajstić information content (AvgIpc) is 2.50. The molecular weight excluding hydrogens is 288 g/mol. The van der Waals surface area contributed by atoms with E-state index in [1.165, 1.54) is 12.7 Å². The molecule has 0 saturated carbocycles. The molecule has 0 bridgehead atoms. The minimum Gasteiger partial charge on any atom is -0.504 e. The lowest BCUT2D eigenvalue weighted by molar-refractivity contribution is -0.108. The first-order valence-corrected chi connectivity index (χ1v) is 7.98. The number of rotatable bonds is 8. The molecule has 0 aliphatic rings. The molecule has 0 fully saturated rings. The summed E-state index contributed by atoms with van der Waals surface area (Å²) < 4.78 is 4.95. The van der Waals surface area contributed by atoms with Crippen LogP contribution in [-0.2, 0) is 11.2 Å². The number of carbonyl (C=O) groups is 1. The topological polar surface area (TPSA) is 46.5 Å². The Morgan fingerprint density at radius 1 is 1.39 bits per heavy atom. The van der Waals surface area contributed by atoms with Crippen molar-refractivity contribution in [2.45, 2.75) is 46.5 Å². The summed E-state index contributed by atoms with van der Waals surface area (Å²) in [6.07, 6.45) is 8.77. The third-order valence-corrected chi connectivity index (χ3v) is 3.33. The van der Waals surface area contributed by atoms with E-state index in [1.54, 1.807) is 12.1 Å². The van der Waals surface area contributed by atoms with Gasteiger partial charge in [0, 0.05) is 6.42 Å². The molecule has 1 N–H and O–H groups in total. The number of aromatic hydroxyl groups is 1. The van der Waals surface area contributed by atoms with Gasteiger partial charge >= 0.3 is 0 Å². The lowest BCUT2D eigenvalue weighted by atomic mass is 10.0. The molecule has 0 aliphatic heterocycles. The van der Waals surface area contributed by atoms with E-state index in [2.05, 4.69) is 33.4 Å². The third-order valence-electron chi connectivity index (χ3n) is 3.33. The summed E-state index contributed by atoms with van der Waals surface area (Å²) in [6.45, 7) is 9.95. The Labute approximate surface area is 140 Å². The predicted octanol–water partition coefficient (Wildman–Crippen LogP) is 5.09. The monoisotopic (exact) mass is 318 g/mol. The zero-order valence-corrected chi connectivity index (χ0v) is 14.8. The van der Waals surface area contributed by atoms with Crippen LogP contribution in [0.2, 0.25) is 0 Å². The maximum atomic E-state index is 10.1. The van der Waals surface area contributed by atoms with Crippen LogP contribution in [0.3, 0.4) is 0 Å². The Balaban J connectivity index is 0.000000423. The molecule has 3 heteroatoms. The number of benzene rings is 1. The van der Waals surface area contributed by atoms with Crippen LogP contribution in [-0.4, -0.2) is 18.5 Å². The summed E-state index contributed by atoms with van der Waals surface area (Å²) in [6, 6.07) is 5.27. The molecular formula is C20H30O3. The second-order valence-corrected chi connectivity index (χ2v) is 5.87. The van der Waals surface area contributed by atoms with Gasteiger partial charge in [-0.1, -0.05) is 30.7 Å². The standard InChI is InChI=1S/C10H12O2.C10H18O/c1-3-4-8-5-6-9(11)10(7-8)12-2;1-9(2)5-4-6-10(3)7-8-11/h3,5-7,11H,1,4H2,2H3;5,8,10H,4,6-7H2,1-3H3. The van der Waals surface area contributed by atoms with Crippen molar-refractivity contribution in [2.75, 3.05) is 7.11 Å². The lowest BCUT2D eigenvalue weighted by Crippen LogP contribution is -1.93. The van der Waals surface area contributed by atoms with E-state index in [9.17, 15) is 9.90 Å². The van der Waals surface area contributed by atoms with Crippen molar-refractivity contribution < 1.29 is 14.6 Å². The first-order valence-electron chi connectivity index (χ1n) is 7.98. The number of aldehydes is 1. The number of ether oxygens (including phenoxy) is 1. The molecule has 3 nitrogen and oxygen atoms in total. The molecule has 0 aromatic heterocycles. The van der Waals surface area contributed by atoms with E-state index in [0.29, 0.717) is 18.1 Å². The Morgan fingerprint density at radius 3 is 2.61 bits per heavy atom. The smallest absolute Gasteiger partial charge is 0.160 e. The van der Waals surface area contributed by atoms with Gasteiger partial charge in [-0.25, -0.2) is 0 Å². The van der Waals surface area contributed by atoms with E-state index in [1.807, 2.05) is 12.1 Å². The van der Waals surface area contributed by atoms with E-state index < -0.39 is 0 Å². The Morgan fingerprint density at radius 2 is 2.09 bits per heavy atom. The molecule has 1 atom stereocenters. The van der Waals surface area contributed by atoms with Gasteiger partial charge in [-0.05, 0) is 56.7 Å². The fourth-order valence-electron chi connectivity index (χ4n) is 1.95. The molecule has 0 amide bonds. The van der Waals surface area contributed by atoms with Crippen molar-refractivity contribution in [3.63, 3.8) is 0 Å². The van der Waals surface area contributed by atoms with E-state index in [4.69, 9.17) is 4.74 Å². The van der Waals surface area contributed by atoms with Crippen LogP contribution in [0, 0.1) is 5.92 Å². The van der Waals surface area contributed by atoms with Crippen LogP contribution in [0.25, 0.3) is 0 Å². The zero-order valence-electron chi connectivity index (χ0n) is 14.8. The largest absolute Gasteiger partial charge is 0.504 e. The van der Waals surface area contributed by atoms with Crippen molar-refractivity contribution in [2.24, 2.45) is 5.92 Å². The first kappa shape index (κ1) is 21.0. The number of methoxy groups -OCH3 is 1.